The van der Waals surface area contributed by atoms with Gasteiger partial charge in [0.25, 0.3) is 5.56 Å². The average molecular weight is 461 g/mol. The molecule has 0 radical (unpaired) electrons. The molecule has 160 valence electrons. The minimum atomic E-state index is -0.337. The molecule has 0 bridgehead atoms. The molecule has 0 aliphatic heterocycles. The number of carbonyl (C=O) groups is 1. The first kappa shape index (κ1) is 20.6. The van der Waals surface area contributed by atoms with Crippen LogP contribution in [0.2, 0.25) is 0 Å². The first-order valence-electron chi connectivity index (χ1n) is 10.4. The van der Waals surface area contributed by atoms with Crippen LogP contribution in [0.5, 0.6) is 0 Å². The summed E-state index contributed by atoms with van der Waals surface area (Å²) in [7, 11) is 0. The van der Waals surface area contributed by atoms with Crippen molar-refractivity contribution < 1.29 is 4.79 Å². The summed E-state index contributed by atoms with van der Waals surface area (Å²) in [6.45, 7) is 1.82. The monoisotopic (exact) mass is 460 g/mol. The van der Waals surface area contributed by atoms with E-state index in [9.17, 15) is 14.9 Å². The lowest BCUT2D eigenvalue weighted by molar-refractivity contribution is -0.116. The number of thiophene rings is 2. The van der Waals surface area contributed by atoms with E-state index in [1.165, 1.54) is 38.4 Å². The van der Waals surface area contributed by atoms with Crippen molar-refractivity contribution in [2.45, 2.75) is 39.2 Å². The van der Waals surface area contributed by atoms with Gasteiger partial charge in [-0.3, -0.25) is 14.2 Å². The maximum absolute atomic E-state index is 13.3. The molecule has 5 rings (SSSR count). The average Bonchev–Trinajstić information content (AvgIpc) is 3.32. The van der Waals surface area contributed by atoms with Crippen LogP contribution < -0.4 is 10.9 Å². The molecule has 1 aliphatic carbocycles. The second-order valence-corrected chi connectivity index (χ2v) is 10.1. The smallest absolute Gasteiger partial charge is 0.263 e. The number of amides is 1. The molecule has 4 aromatic rings. The SMILES string of the molecule is Cc1sc2ncn(CC(=O)Nc3sc4c(c3C#N)CCCC4)c(=O)c2c1-c1ccccc1. The van der Waals surface area contributed by atoms with Gasteiger partial charge < -0.3 is 5.32 Å². The largest absolute Gasteiger partial charge is 0.315 e. The molecule has 3 aromatic heterocycles. The topological polar surface area (TPSA) is 87.8 Å². The van der Waals surface area contributed by atoms with Crippen LogP contribution in [0.15, 0.2) is 41.5 Å². The summed E-state index contributed by atoms with van der Waals surface area (Å²) in [5.41, 5.74) is 3.23. The van der Waals surface area contributed by atoms with Crippen LogP contribution in [0, 0.1) is 18.3 Å². The molecule has 0 saturated carbocycles. The zero-order valence-electron chi connectivity index (χ0n) is 17.5. The predicted octanol–water partition coefficient (Wildman–Crippen LogP) is 4.88. The fourth-order valence-electron chi connectivity index (χ4n) is 4.30. The highest BCUT2D eigenvalue weighted by Gasteiger charge is 2.22. The van der Waals surface area contributed by atoms with Gasteiger partial charge in [0.2, 0.25) is 5.91 Å². The second-order valence-electron chi connectivity index (χ2n) is 7.83. The van der Waals surface area contributed by atoms with E-state index in [1.807, 2.05) is 37.3 Å². The van der Waals surface area contributed by atoms with Gasteiger partial charge in [0, 0.05) is 15.3 Å². The molecular formula is C24H20N4O2S2. The number of fused-ring (bicyclic) bond motifs is 2. The number of nitrogens with zero attached hydrogens (tertiary/aromatic N) is 3. The lowest BCUT2D eigenvalue weighted by Gasteiger charge is -2.09. The van der Waals surface area contributed by atoms with E-state index in [-0.39, 0.29) is 18.0 Å². The highest BCUT2D eigenvalue weighted by Crippen LogP contribution is 2.38. The van der Waals surface area contributed by atoms with E-state index in [2.05, 4.69) is 16.4 Å². The quantitative estimate of drug-likeness (QED) is 0.470. The van der Waals surface area contributed by atoms with E-state index in [0.717, 1.165) is 47.3 Å². The number of aryl methyl sites for hydroxylation is 2. The van der Waals surface area contributed by atoms with E-state index in [0.29, 0.717) is 20.8 Å². The number of nitriles is 1. The molecule has 3 heterocycles. The molecule has 1 aromatic carbocycles. The Morgan fingerprint density at radius 3 is 2.78 bits per heavy atom. The Balaban J connectivity index is 1.47. The molecule has 0 spiro atoms. The van der Waals surface area contributed by atoms with Gasteiger partial charge in [0.15, 0.2) is 0 Å². The number of hydrogen-bond acceptors (Lipinski definition) is 6. The number of carbonyl (C=O) groups excluding carboxylic acids is 1. The van der Waals surface area contributed by atoms with Crippen LogP contribution in [0.25, 0.3) is 21.3 Å². The van der Waals surface area contributed by atoms with Crippen LogP contribution >= 0.6 is 22.7 Å². The maximum atomic E-state index is 13.3. The van der Waals surface area contributed by atoms with Gasteiger partial charge in [0.1, 0.15) is 22.4 Å². The summed E-state index contributed by atoms with van der Waals surface area (Å²) in [6.07, 6.45) is 5.43. The molecule has 1 aliphatic rings. The summed E-state index contributed by atoms with van der Waals surface area (Å²) in [5, 5.41) is 13.6. The molecule has 6 nitrogen and oxygen atoms in total. The van der Waals surface area contributed by atoms with Gasteiger partial charge in [-0.1, -0.05) is 30.3 Å². The van der Waals surface area contributed by atoms with E-state index < -0.39 is 0 Å². The Morgan fingerprint density at radius 1 is 1.22 bits per heavy atom. The minimum Gasteiger partial charge on any atom is -0.315 e. The van der Waals surface area contributed by atoms with Crippen molar-refractivity contribution in [2.75, 3.05) is 5.32 Å². The van der Waals surface area contributed by atoms with E-state index >= 15 is 0 Å². The molecular weight excluding hydrogens is 440 g/mol. The van der Waals surface area contributed by atoms with Crippen molar-refractivity contribution in [3.8, 4) is 17.2 Å². The zero-order valence-corrected chi connectivity index (χ0v) is 19.1. The highest BCUT2D eigenvalue weighted by molar-refractivity contribution is 7.19. The van der Waals surface area contributed by atoms with Gasteiger partial charge in [0.05, 0.1) is 17.3 Å². The van der Waals surface area contributed by atoms with Crippen LogP contribution in [-0.4, -0.2) is 15.5 Å². The number of nitrogens with one attached hydrogen (secondary N) is 1. The fourth-order valence-corrected chi connectivity index (χ4v) is 6.55. The minimum absolute atomic E-state index is 0.154. The Labute approximate surface area is 192 Å². The molecule has 0 unspecified atom stereocenters. The lowest BCUT2D eigenvalue weighted by atomic mass is 9.96. The fraction of sp³-hybridized carbons (Fsp3) is 0.250. The summed E-state index contributed by atoms with van der Waals surface area (Å²) >= 11 is 2.96. The maximum Gasteiger partial charge on any atom is 0.263 e. The normalized spacial score (nSPS) is 13.0. The molecule has 8 heteroatoms. The first-order valence-corrected chi connectivity index (χ1v) is 12.1. The summed E-state index contributed by atoms with van der Waals surface area (Å²) in [5.74, 6) is -0.337. The van der Waals surface area contributed by atoms with Crippen molar-refractivity contribution >= 4 is 43.8 Å². The number of benzene rings is 1. The standard InChI is InChI=1S/C24H20N4O2S2/c1-14-20(15-7-3-2-4-8-15)21-23(31-14)26-13-28(24(21)30)12-19(29)27-22-17(11-25)16-9-5-6-10-18(16)32-22/h2-4,7-8,13H,5-6,9-10,12H2,1H3,(H,27,29). The lowest BCUT2D eigenvalue weighted by Crippen LogP contribution is -2.27. The second kappa shape index (κ2) is 8.34. The van der Waals surface area contributed by atoms with Crippen LogP contribution in [0.4, 0.5) is 5.00 Å². The molecule has 0 saturated heterocycles. The molecule has 1 amide bonds. The highest BCUT2D eigenvalue weighted by atomic mass is 32.1. The van der Waals surface area contributed by atoms with Crippen molar-refractivity contribution in [3.05, 3.63) is 67.9 Å². The van der Waals surface area contributed by atoms with E-state index in [4.69, 9.17) is 0 Å². The van der Waals surface area contributed by atoms with Gasteiger partial charge in [-0.25, -0.2) is 4.98 Å². The Hall–Kier alpha value is -3.28. The number of rotatable bonds is 4. The van der Waals surface area contributed by atoms with Crippen molar-refractivity contribution in [1.82, 2.24) is 9.55 Å². The van der Waals surface area contributed by atoms with Gasteiger partial charge in [-0.15, -0.1) is 22.7 Å². The molecule has 32 heavy (non-hydrogen) atoms. The van der Waals surface area contributed by atoms with Gasteiger partial charge in [-0.2, -0.15) is 5.26 Å². The predicted molar refractivity (Wildman–Crippen MR) is 128 cm³/mol. The zero-order chi connectivity index (χ0) is 22.2. The van der Waals surface area contributed by atoms with Gasteiger partial charge >= 0.3 is 0 Å². The van der Waals surface area contributed by atoms with Crippen molar-refractivity contribution in [2.24, 2.45) is 0 Å². The van der Waals surface area contributed by atoms with Crippen LogP contribution in [0.1, 0.15) is 33.7 Å². The Kier molecular flexibility index (Phi) is 5.37. The molecule has 0 atom stereocenters. The van der Waals surface area contributed by atoms with Gasteiger partial charge in [-0.05, 0) is 43.7 Å². The number of aromatic nitrogens is 2. The summed E-state index contributed by atoms with van der Waals surface area (Å²) in [6, 6.07) is 12.0. The third-order valence-corrected chi connectivity index (χ3v) is 7.99. The van der Waals surface area contributed by atoms with E-state index in [1.54, 1.807) is 0 Å². The Morgan fingerprint density at radius 2 is 2.00 bits per heavy atom. The number of anilines is 1. The van der Waals surface area contributed by atoms with Crippen LogP contribution in [-0.2, 0) is 24.2 Å². The summed E-state index contributed by atoms with van der Waals surface area (Å²) in [4.78, 5) is 33.4. The van der Waals surface area contributed by atoms with Crippen LogP contribution in [0.3, 0.4) is 0 Å². The third kappa shape index (κ3) is 3.53. The van der Waals surface area contributed by atoms with Crippen molar-refractivity contribution in [1.29, 1.82) is 5.26 Å². The summed E-state index contributed by atoms with van der Waals surface area (Å²) < 4.78 is 1.34. The molecule has 0 fully saturated rings. The number of hydrogen-bond donors (Lipinski definition) is 1. The third-order valence-electron chi connectivity index (χ3n) is 5.77. The van der Waals surface area contributed by atoms with Crippen molar-refractivity contribution in [3.63, 3.8) is 0 Å². The first-order chi connectivity index (χ1) is 15.6. The Bertz CT molecular complexity index is 1440. The molecule has 1 N–H and O–H groups in total.